The van der Waals surface area contributed by atoms with Crippen LogP contribution in [0.5, 0.6) is 0 Å². The Kier molecular flexibility index (Phi) is 5.03. The molecule has 1 unspecified atom stereocenters. The number of aromatic amines is 1. The Bertz CT molecular complexity index is 1140. The number of benzene rings is 2. The van der Waals surface area contributed by atoms with Crippen molar-refractivity contribution < 1.29 is 0 Å². The van der Waals surface area contributed by atoms with Gasteiger partial charge >= 0.3 is 0 Å². The minimum atomic E-state index is 0.361. The molecule has 1 aliphatic heterocycles. The number of H-pyrrole nitrogens is 1. The van der Waals surface area contributed by atoms with Gasteiger partial charge in [0.15, 0.2) is 0 Å². The highest BCUT2D eigenvalue weighted by molar-refractivity contribution is 5.82. The summed E-state index contributed by atoms with van der Waals surface area (Å²) in [5.41, 5.74) is 4.28. The lowest BCUT2D eigenvalue weighted by Gasteiger charge is -2.21. The summed E-state index contributed by atoms with van der Waals surface area (Å²) in [6.45, 7) is 4.71. The van der Waals surface area contributed by atoms with Crippen LogP contribution in [0.1, 0.15) is 23.7 Å². The van der Waals surface area contributed by atoms with E-state index in [0.29, 0.717) is 6.04 Å². The standard InChI is InChI=1S/C23H25N7/c1-16-13-22(27-19-7-8-21-18(14-19)15-25-29-21)28-23(26-16)30-11-9-20(24-10-12-30)17-5-3-2-4-6-17/h2-8,13-15,20,24H,9-12H2,1H3,(H,25,29)(H,26,27,28). The summed E-state index contributed by atoms with van der Waals surface area (Å²) in [6.07, 6.45) is 2.84. The van der Waals surface area contributed by atoms with Gasteiger partial charge < -0.3 is 15.5 Å². The van der Waals surface area contributed by atoms with Crippen LogP contribution in [0.2, 0.25) is 0 Å². The van der Waals surface area contributed by atoms with E-state index in [0.717, 1.165) is 60.1 Å². The van der Waals surface area contributed by atoms with Crippen molar-refractivity contribution in [2.24, 2.45) is 0 Å². The van der Waals surface area contributed by atoms with Crippen LogP contribution in [0.15, 0.2) is 60.8 Å². The zero-order chi connectivity index (χ0) is 20.3. The zero-order valence-electron chi connectivity index (χ0n) is 17.0. The molecule has 3 N–H and O–H groups in total. The fraction of sp³-hybridized carbons (Fsp3) is 0.261. The summed E-state index contributed by atoms with van der Waals surface area (Å²) in [7, 11) is 0. The molecule has 7 nitrogen and oxygen atoms in total. The summed E-state index contributed by atoms with van der Waals surface area (Å²) in [5, 5.41) is 15.2. The zero-order valence-corrected chi connectivity index (χ0v) is 17.0. The van der Waals surface area contributed by atoms with Gasteiger partial charge in [-0.2, -0.15) is 10.1 Å². The van der Waals surface area contributed by atoms with Gasteiger partial charge in [-0.25, -0.2) is 4.98 Å². The Morgan fingerprint density at radius 1 is 1.03 bits per heavy atom. The Balaban J connectivity index is 1.34. The normalized spacial score (nSPS) is 17.1. The van der Waals surface area contributed by atoms with Gasteiger partial charge in [-0.3, -0.25) is 5.10 Å². The molecular weight excluding hydrogens is 374 g/mol. The van der Waals surface area contributed by atoms with Crippen LogP contribution >= 0.6 is 0 Å². The van der Waals surface area contributed by atoms with Gasteiger partial charge in [-0.15, -0.1) is 0 Å². The van der Waals surface area contributed by atoms with Crippen LogP contribution in [0.3, 0.4) is 0 Å². The van der Waals surface area contributed by atoms with Crippen LogP contribution < -0.4 is 15.5 Å². The van der Waals surface area contributed by atoms with Crippen LogP contribution in [0.25, 0.3) is 10.9 Å². The van der Waals surface area contributed by atoms with Crippen molar-refractivity contribution in [1.82, 2.24) is 25.5 Å². The van der Waals surface area contributed by atoms with Crippen molar-refractivity contribution >= 4 is 28.4 Å². The lowest BCUT2D eigenvalue weighted by molar-refractivity contribution is 0.550. The van der Waals surface area contributed by atoms with E-state index in [1.165, 1.54) is 5.56 Å². The Morgan fingerprint density at radius 2 is 1.93 bits per heavy atom. The highest BCUT2D eigenvalue weighted by Gasteiger charge is 2.20. The van der Waals surface area contributed by atoms with Crippen LogP contribution in [-0.4, -0.2) is 39.8 Å². The summed E-state index contributed by atoms with van der Waals surface area (Å²) < 4.78 is 0. The monoisotopic (exact) mass is 399 g/mol. The van der Waals surface area contributed by atoms with Gasteiger partial charge in [0.1, 0.15) is 5.82 Å². The Morgan fingerprint density at radius 3 is 2.83 bits per heavy atom. The fourth-order valence-electron chi connectivity index (χ4n) is 3.97. The second-order valence-electron chi connectivity index (χ2n) is 7.68. The average Bonchev–Trinajstić information content (AvgIpc) is 3.08. The lowest BCUT2D eigenvalue weighted by atomic mass is 10.0. The smallest absolute Gasteiger partial charge is 0.227 e. The first kappa shape index (κ1) is 18.6. The summed E-state index contributed by atoms with van der Waals surface area (Å²) in [6, 6.07) is 19.1. The van der Waals surface area contributed by atoms with Gasteiger partial charge in [0.05, 0.1) is 11.7 Å². The minimum Gasteiger partial charge on any atom is -0.340 e. The highest BCUT2D eigenvalue weighted by atomic mass is 15.3. The Labute approximate surface area is 175 Å². The largest absolute Gasteiger partial charge is 0.340 e. The maximum absolute atomic E-state index is 4.81. The molecule has 4 aromatic rings. The molecule has 2 aromatic carbocycles. The van der Waals surface area contributed by atoms with Crippen LogP contribution in [-0.2, 0) is 0 Å². The molecule has 0 aliphatic carbocycles. The molecule has 0 saturated carbocycles. The number of aromatic nitrogens is 4. The Hall–Kier alpha value is -3.45. The molecule has 1 fully saturated rings. The van der Waals surface area contributed by atoms with Crippen molar-refractivity contribution in [3.05, 3.63) is 72.1 Å². The molecular formula is C23H25N7. The van der Waals surface area contributed by atoms with Crippen molar-refractivity contribution in [1.29, 1.82) is 0 Å². The van der Waals surface area contributed by atoms with Gasteiger partial charge in [0, 0.05) is 48.5 Å². The van der Waals surface area contributed by atoms with Crippen LogP contribution in [0.4, 0.5) is 17.5 Å². The third-order valence-corrected chi connectivity index (χ3v) is 5.50. The molecule has 5 rings (SSSR count). The third-order valence-electron chi connectivity index (χ3n) is 5.50. The van der Waals surface area contributed by atoms with E-state index in [4.69, 9.17) is 9.97 Å². The maximum Gasteiger partial charge on any atom is 0.227 e. The minimum absolute atomic E-state index is 0.361. The molecule has 2 aromatic heterocycles. The number of hydrogen-bond acceptors (Lipinski definition) is 6. The van der Waals surface area contributed by atoms with Gasteiger partial charge in [-0.1, -0.05) is 30.3 Å². The molecule has 0 radical (unpaired) electrons. The number of rotatable bonds is 4. The first-order valence-electron chi connectivity index (χ1n) is 10.3. The molecule has 0 amide bonds. The molecule has 30 heavy (non-hydrogen) atoms. The van der Waals surface area contributed by atoms with Crippen molar-refractivity contribution in [3.8, 4) is 0 Å². The van der Waals surface area contributed by atoms with Gasteiger partial charge in [-0.05, 0) is 37.1 Å². The first-order valence-corrected chi connectivity index (χ1v) is 10.3. The third kappa shape index (κ3) is 3.97. The van der Waals surface area contributed by atoms with Crippen molar-refractivity contribution in [2.45, 2.75) is 19.4 Å². The number of nitrogens with zero attached hydrogens (tertiary/aromatic N) is 4. The van der Waals surface area contributed by atoms with Crippen molar-refractivity contribution in [2.75, 3.05) is 29.9 Å². The van der Waals surface area contributed by atoms with E-state index in [1.54, 1.807) is 0 Å². The number of hydrogen-bond donors (Lipinski definition) is 3. The summed E-state index contributed by atoms with van der Waals surface area (Å²) in [4.78, 5) is 11.8. The predicted octanol–water partition coefficient (Wildman–Crippen LogP) is 3.95. The van der Waals surface area contributed by atoms with E-state index in [2.05, 4.69) is 62.1 Å². The fourth-order valence-corrected chi connectivity index (χ4v) is 3.97. The van der Waals surface area contributed by atoms with Crippen molar-refractivity contribution in [3.63, 3.8) is 0 Å². The first-order chi connectivity index (χ1) is 14.7. The molecule has 152 valence electrons. The number of nitrogens with one attached hydrogen (secondary N) is 3. The number of anilines is 3. The molecule has 1 atom stereocenters. The quantitative estimate of drug-likeness (QED) is 0.482. The topological polar surface area (TPSA) is 81.8 Å². The number of aryl methyl sites for hydroxylation is 1. The van der Waals surface area contributed by atoms with E-state index in [-0.39, 0.29) is 0 Å². The summed E-state index contributed by atoms with van der Waals surface area (Å²) >= 11 is 0. The van der Waals surface area contributed by atoms with Gasteiger partial charge in [0.25, 0.3) is 0 Å². The number of fused-ring (bicyclic) bond motifs is 1. The van der Waals surface area contributed by atoms with E-state index in [9.17, 15) is 0 Å². The van der Waals surface area contributed by atoms with Gasteiger partial charge in [0.2, 0.25) is 5.95 Å². The second kappa shape index (κ2) is 8.12. The molecule has 0 bridgehead atoms. The average molecular weight is 400 g/mol. The van der Waals surface area contributed by atoms with E-state index >= 15 is 0 Å². The molecule has 0 spiro atoms. The van der Waals surface area contributed by atoms with E-state index in [1.807, 2.05) is 31.3 Å². The SMILES string of the molecule is Cc1cc(Nc2ccc3[nH]ncc3c2)nc(N2CCNC(c3ccccc3)CC2)n1. The predicted molar refractivity (Wildman–Crippen MR) is 120 cm³/mol. The summed E-state index contributed by atoms with van der Waals surface area (Å²) in [5.74, 6) is 1.58. The van der Waals surface area contributed by atoms with Crippen LogP contribution in [0, 0.1) is 6.92 Å². The maximum atomic E-state index is 4.81. The van der Waals surface area contributed by atoms with E-state index < -0.39 is 0 Å². The lowest BCUT2D eigenvalue weighted by Crippen LogP contribution is -2.29. The molecule has 3 heterocycles. The molecule has 7 heteroatoms. The molecule has 1 saturated heterocycles. The molecule has 1 aliphatic rings. The highest BCUT2D eigenvalue weighted by Crippen LogP contribution is 2.24. The second-order valence-corrected chi connectivity index (χ2v) is 7.68.